The SMILES string of the molecule is O=C(/C=C/c1cccc(Br)c1)NCc1ccccc1C[NH+]1CCCC1. The minimum absolute atomic E-state index is 0.0664. The van der Waals surface area contributed by atoms with Crippen LogP contribution in [0.5, 0.6) is 0 Å². The van der Waals surface area contributed by atoms with E-state index in [0.717, 1.165) is 16.6 Å². The summed E-state index contributed by atoms with van der Waals surface area (Å²) in [6.07, 6.45) is 6.08. The second-order valence-electron chi connectivity index (χ2n) is 6.51. The summed E-state index contributed by atoms with van der Waals surface area (Å²) in [5.41, 5.74) is 3.56. The summed E-state index contributed by atoms with van der Waals surface area (Å²) in [4.78, 5) is 13.8. The zero-order valence-electron chi connectivity index (χ0n) is 14.3. The number of halogens is 1. The van der Waals surface area contributed by atoms with Gasteiger partial charge < -0.3 is 10.2 Å². The summed E-state index contributed by atoms with van der Waals surface area (Å²) in [6, 6.07) is 16.3. The summed E-state index contributed by atoms with van der Waals surface area (Å²) in [5, 5.41) is 3.00. The Balaban J connectivity index is 1.56. The first-order valence-corrected chi connectivity index (χ1v) is 9.62. The highest BCUT2D eigenvalue weighted by Crippen LogP contribution is 2.12. The highest BCUT2D eigenvalue weighted by Gasteiger charge is 2.17. The van der Waals surface area contributed by atoms with Gasteiger partial charge in [0.1, 0.15) is 6.54 Å². The van der Waals surface area contributed by atoms with Gasteiger partial charge in [0.2, 0.25) is 5.91 Å². The van der Waals surface area contributed by atoms with E-state index in [1.165, 1.54) is 37.1 Å². The summed E-state index contributed by atoms with van der Waals surface area (Å²) >= 11 is 3.44. The number of hydrogen-bond donors (Lipinski definition) is 2. The van der Waals surface area contributed by atoms with Crippen LogP contribution in [0.3, 0.4) is 0 Å². The van der Waals surface area contributed by atoms with Crippen molar-refractivity contribution in [1.29, 1.82) is 0 Å². The van der Waals surface area contributed by atoms with Gasteiger partial charge in [0.05, 0.1) is 13.1 Å². The molecule has 0 aliphatic carbocycles. The number of amides is 1. The smallest absolute Gasteiger partial charge is 0.244 e. The Hall–Kier alpha value is -1.91. The van der Waals surface area contributed by atoms with Crippen molar-refractivity contribution in [3.8, 4) is 0 Å². The first-order chi connectivity index (χ1) is 12.2. The van der Waals surface area contributed by atoms with Crippen molar-refractivity contribution in [3.63, 3.8) is 0 Å². The fourth-order valence-corrected chi connectivity index (χ4v) is 3.66. The van der Waals surface area contributed by atoms with Crippen molar-refractivity contribution in [3.05, 3.63) is 75.8 Å². The Labute approximate surface area is 157 Å². The van der Waals surface area contributed by atoms with Gasteiger partial charge in [-0.15, -0.1) is 0 Å². The minimum Gasteiger partial charge on any atom is -0.348 e. The molecule has 0 aromatic heterocycles. The van der Waals surface area contributed by atoms with Gasteiger partial charge in [-0.05, 0) is 29.3 Å². The molecular weight excluding hydrogens is 376 g/mol. The van der Waals surface area contributed by atoms with Gasteiger partial charge in [0.25, 0.3) is 0 Å². The van der Waals surface area contributed by atoms with E-state index in [2.05, 4.69) is 39.4 Å². The molecular formula is C21H24BrN2O+. The lowest BCUT2D eigenvalue weighted by Gasteiger charge is -2.15. The highest BCUT2D eigenvalue weighted by molar-refractivity contribution is 9.10. The predicted molar refractivity (Wildman–Crippen MR) is 105 cm³/mol. The monoisotopic (exact) mass is 399 g/mol. The van der Waals surface area contributed by atoms with Gasteiger partial charge in [-0.1, -0.05) is 52.3 Å². The van der Waals surface area contributed by atoms with Crippen LogP contribution in [0.25, 0.3) is 6.08 Å². The van der Waals surface area contributed by atoms with Crippen LogP contribution in [0, 0.1) is 0 Å². The lowest BCUT2D eigenvalue weighted by Crippen LogP contribution is -3.08. The molecule has 0 spiro atoms. The number of carbonyl (C=O) groups excluding carboxylic acids is 1. The average molecular weight is 400 g/mol. The zero-order valence-corrected chi connectivity index (χ0v) is 15.9. The van der Waals surface area contributed by atoms with Crippen LogP contribution >= 0.6 is 15.9 Å². The zero-order chi connectivity index (χ0) is 17.5. The van der Waals surface area contributed by atoms with Gasteiger partial charge >= 0.3 is 0 Å². The fourth-order valence-electron chi connectivity index (χ4n) is 3.25. The predicted octanol–water partition coefficient (Wildman–Crippen LogP) is 2.96. The van der Waals surface area contributed by atoms with Crippen LogP contribution in [-0.2, 0) is 17.9 Å². The minimum atomic E-state index is -0.0664. The van der Waals surface area contributed by atoms with Gasteiger partial charge in [0, 0.05) is 35.5 Å². The van der Waals surface area contributed by atoms with E-state index in [1.807, 2.05) is 36.4 Å². The van der Waals surface area contributed by atoms with E-state index >= 15 is 0 Å². The van der Waals surface area contributed by atoms with Crippen molar-refractivity contribution >= 4 is 27.9 Å². The number of hydrogen-bond acceptors (Lipinski definition) is 1. The van der Waals surface area contributed by atoms with E-state index in [9.17, 15) is 4.79 Å². The molecule has 0 unspecified atom stereocenters. The summed E-state index contributed by atoms with van der Waals surface area (Å²) in [5.74, 6) is -0.0664. The largest absolute Gasteiger partial charge is 0.348 e. The Kier molecular flexibility index (Phi) is 6.42. The summed E-state index contributed by atoms with van der Waals surface area (Å²) in [7, 11) is 0. The quantitative estimate of drug-likeness (QED) is 0.719. The van der Waals surface area contributed by atoms with E-state index in [1.54, 1.807) is 11.0 Å². The average Bonchev–Trinajstić information content (AvgIpc) is 3.12. The van der Waals surface area contributed by atoms with Gasteiger partial charge in [-0.3, -0.25) is 4.79 Å². The summed E-state index contributed by atoms with van der Waals surface area (Å²) < 4.78 is 1.01. The first kappa shape index (κ1) is 17.9. The van der Waals surface area contributed by atoms with Crippen molar-refractivity contribution in [2.24, 2.45) is 0 Å². The Morgan fingerprint density at radius 2 is 1.84 bits per heavy atom. The molecule has 2 aromatic rings. The summed E-state index contributed by atoms with van der Waals surface area (Å²) in [6.45, 7) is 4.15. The molecule has 3 rings (SSSR count). The molecule has 0 saturated carbocycles. The third kappa shape index (κ3) is 5.55. The number of carbonyl (C=O) groups is 1. The maximum absolute atomic E-state index is 12.1. The molecule has 1 heterocycles. The maximum Gasteiger partial charge on any atom is 0.244 e. The molecule has 3 nitrogen and oxygen atoms in total. The fraction of sp³-hybridized carbons (Fsp3) is 0.286. The molecule has 4 heteroatoms. The van der Waals surface area contributed by atoms with Gasteiger partial charge in [0.15, 0.2) is 0 Å². The lowest BCUT2D eigenvalue weighted by atomic mass is 10.1. The maximum atomic E-state index is 12.1. The van der Waals surface area contributed by atoms with Crippen molar-refractivity contribution in [2.45, 2.75) is 25.9 Å². The van der Waals surface area contributed by atoms with Crippen LogP contribution in [0.15, 0.2) is 59.1 Å². The molecule has 25 heavy (non-hydrogen) atoms. The van der Waals surface area contributed by atoms with Crippen LogP contribution < -0.4 is 10.2 Å². The molecule has 2 N–H and O–H groups in total. The standard InChI is InChI=1S/C21H23BrN2O/c22-20-9-5-6-17(14-20)10-11-21(25)23-15-18-7-1-2-8-19(18)16-24-12-3-4-13-24/h1-2,5-11,14H,3-4,12-13,15-16H2,(H,23,25)/p+1/b11-10+. The number of quaternary nitrogens is 1. The van der Waals surface area contributed by atoms with Crippen LogP contribution in [0.2, 0.25) is 0 Å². The Morgan fingerprint density at radius 3 is 2.60 bits per heavy atom. The topological polar surface area (TPSA) is 33.5 Å². The molecule has 1 aliphatic rings. The lowest BCUT2D eigenvalue weighted by molar-refractivity contribution is -0.901. The normalized spacial score (nSPS) is 14.9. The number of nitrogens with one attached hydrogen (secondary N) is 2. The van der Waals surface area contributed by atoms with Gasteiger partial charge in [-0.25, -0.2) is 0 Å². The van der Waals surface area contributed by atoms with E-state index in [0.29, 0.717) is 6.54 Å². The molecule has 0 radical (unpaired) electrons. The molecule has 1 saturated heterocycles. The molecule has 1 aliphatic heterocycles. The van der Waals surface area contributed by atoms with Crippen molar-refractivity contribution in [2.75, 3.05) is 13.1 Å². The number of benzene rings is 2. The molecule has 1 fully saturated rings. The van der Waals surface area contributed by atoms with Crippen molar-refractivity contribution in [1.82, 2.24) is 5.32 Å². The number of likely N-dealkylation sites (tertiary alicyclic amines) is 1. The molecule has 0 bridgehead atoms. The second kappa shape index (κ2) is 8.97. The highest BCUT2D eigenvalue weighted by atomic mass is 79.9. The third-order valence-electron chi connectivity index (χ3n) is 4.60. The Bertz CT molecular complexity index is 751. The Morgan fingerprint density at radius 1 is 1.08 bits per heavy atom. The van der Waals surface area contributed by atoms with E-state index in [-0.39, 0.29) is 5.91 Å². The second-order valence-corrected chi connectivity index (χ2v) is 7.42. The molecule has 2 aromatic carbocycles. The van der Waals surface area contributed by atoms with Gasteiger partial charge in [-0.2, -0.15) is 0 Å². The molecule has 130 valence electrons. The number of rotatable bonds is 6. The van der Waals surface area contributed by atoms with Crippen LogP contribution in [0.1, 0.15) is 29.5 Å². The first-order valence-electron chi connectivity index (χ1n) is 8.82. The van der Waals surface area contributed by atoms with E-state index < -0.39 is 0 Å². The van der Waals surface area contributed by atoms with E-state index in [4.69, 9.17) is 0 Å². The van der Waals surface area contributed by atoms with Crippen LogP contribution in [-0.4, -0.2) is 19.0 Å². The molecule has 0 atom stereocenters. The molecule has 1 amide bonds. The van der Waals surface area contributed by atoms with Crippen molar-refractivity contribution < 1.29 is 9.69 Å². The van der Waals surface area contributed by atoms with Crippen LogP contribution in [0.4, 0.5) is 0 Å². The third-order valence-corrected chi connectivity index (χ3v) is 5.09.